The van der Waals surface area contributed by atoms with Gasteiger partial charge in [0.2, 0.25) is 0 Å². The zero-order valence-electron chi connectivity index (χ0n) is 14.5. The third-order valence-electron chi connectivity index (χ3n) is 3.81. The quantitative estimate of drug-likeness (QED) is 0.712. The second-order valence-corrected chi connectivity index (χ2v) is 5.53. The number of carbonyl (C=O) groups excluding carboxylic acids is 2. The average molecular weight is 341 g/mol. The van der Waals surface area contributed by atoms with Crippen molar-refractivity contribution in [2.45, 2.75) is 19.4 Å². The number of ketones is 1. The number of rotatable bonds is 9. The molecule has 0 aromatic heterocycles. The van der Waals surface area contributed by atoms with Crippen LogP contribution >= 0.6 is 0 Å². The molecule has 0 spiro atoms. The summed E-state index contributed by atoms with van der Waals surface area (Å²) in [6.45, 7) is 2.10. The third kappa shape index (κ3) is 5.72. The number of carbonyl (C=O) groups is 2. The maximum atomic E-state index is 11.9. The predicted molar refractivity (Wildman–Crippen MR) is 95.8 cm³/mol. The summed E-state index contributed by atoms with van der Waals surface area (Å²) in [6, 6.07) is 16.5. The standard InChI is InChI=1S/C20H23NO4/c1-3-18(22)15-9-11-17(12-10-15)25-14-20(23)21-13-19(24-2)16-7-5-4-6-8-16/h4-12,19H,3,13-14H2,1-2H3,(H,21,23). The minimum Gasteiger partial charge on any atom is -0.484 e. The lowest BCUT2D eigenvalue weighted by molar-refractivity contribution is -0.123. The van der Waals surface area contributed by atoms with E-state index >= 15 is 0 Å². The fourth-order valence-corrected chi connectivity index (χ4v) is 2.35. The Hall–Kier alpha value is -2.66. The monoisotopic (exact) mass is 341 g/mol. The summed E-state index contributed by atoms with van der Waals surface area (Å²) in [4.78, 5) is 23.5. The molecule has 25 heavy (non-hydrogen) atoms. The third-order valence-corrected chi connectivity index (χ3v) is 3.81. The molecule has 0 saturated carbocycles. The number of hydrogen-bond donors (Lipinski definition) is 1. The van der Waals surface area contributed by atoms with Crippen molar-refractivity contribution < 1.29 is 19.1 Å². The summed E-state index contributed by atoms with van der Waals surface area (Å²) < 4.78 is 10.9. The van der Waals surface area contributed by atoms with E-state index in [4.69, 9.17) is 9.47 Å². The van der Waals surface area contributed by atoms with Crippen LogP contribution in [0, 0.1) is 0 Å². The summed E-state index contributed by atoms with van der Waals surface area (Å²) in [5, 5.41) is 2.80. The van der Waals surface area contributed by atoms with E-state index in [0.717, 1.165) is 5.56 Å². The Bertz CT molecular complexity index is 683. The second-order valence-electron chi connectivity index (χ2n) is 5.53. The Kier molecular flexibility index (Phi) is 7.16. The minimum atomic E-state index is -0.230. The van der Waals surface area contributed by atoms with Crippen molar-refractivity contribution in [3.05, 3.63) is 65.7 Å². The van der Waals surface area contributed by atoms with Gasteiger partial charge in [-0.25, -0.2) is 0 Å². The molecular formula is C20H23NO4. The minimum absolute atomic E-state index is 0.0795. The Morgan fingerprint density at radius 2 is 1.72 bits per heavy atom. The van der Waals surface area contributed by atoms with E-state index in [9.17, 15) is 9.59 Å². The van der Waals surface area contributed by atoms with Crippen molar-refractivity contribution in [1.82, 2.24) is 5.32 Å². The van der Waals surface area contributed by atoms with Crippen molar-refractivity contribution >= 4 is 11.7 Å². The first-order valence-electron chi connectivity index (χ1n) is 8.24. The maximum absolute atomic E-state index is 11.9. The number of benzene rings is 2. The molecule has 132 valence electrons. The highest BCUT2D eigenvalue weighted by Crippen LogP contribution is 2.15. The van der Waals surface area contributed by atoms with E-state index in [0.29, 0.717) is 24.3 Å². The zero-order chi connectivity index (χ0) is 18.1. The highest BCUT2D eigenvalue weighted by atomic mass is 16.5. The molecule has 0 aliphatic carbocycles. The Balaban J connectivity index is 1.79. The summed E-state index contributed by atoms with van der Waals surface area (Å²) in [7, 11) is 1.61. The van der Waals surface area contributed by atoms with Gasteiger partial charge in [0.15, 0.2) is 12.4 Å². The van der Waals surface area contributed by atoms with Crippen molar-refractivity contribution in [3.8, 4) is 5.75 Å². The van der Waals surface area contributed by atoms with Gasteiger partial charge in [0.25, 0.3) is 5.91 Å². The van der Waals surface area contributed by atoms with Crippen LogP contribution < -0.4 is 10.1 Å². The molecule has 0 fully saturated rings. The number of ether oxygens (including phenoxy) is 2. The fourth-order valence-electron chi connectivity index (χ4n) is 2.35. The highest BCUT2D eigenvalue weighted by molar-refractivity contribution is 5.95. The van der Waals surface area contributed by atoms with Crippen molar-refractivity contribution in [2.75, 3.05) is 20.3 Å². The van der Waals surface area contributed by atoms with E-state index in [2.05, 4.69) is 5.32 Å². The van der Waals surface area contributed by atoms with Gasteiger partial charge in [0.05, 0.1) is 6.10 Å². The van der Waals surface area contributed by atoms with Crippen LogP contribution in [0.3, 0.4) is 0 Å². The summed E-state index contributed by atoms with van der Waals surface area (Å²) >= 11 is 0. The van der Waals surface area contributed by atoms with Gasteiger partial charge in [0.1, 0.15) is 5.75 Å². The lowest BCUT2D eigenvalue weighted by Gasteiger charge is -2.16. The summed E-state index contributed by atoms with van der Waals surface area (Å²) in [5.41, 5.74) is 1.65. The molecule has 0 saturated heterocycles. The Labute approximate surface area is 148 Å². The molecule has 2 aromatic rings. The van der Waals surface area contributed by atoms with Crippen molar-refractivity contribution in [1.29, 1.82) is 0 Å². The number of Topliss-reactive ketones (excluding diaryl/α,β-unsaturated/α-hetero) is 1. The van der Waals surface area contributed by atoms with Crippen LogP contribution in [0.15, 0.2) is 54.6 Å². The maximum Gasteiger partial charge on any atom is 0.258 e. The van der Waals surface area contributed by atoms with Gasteiger partial charge >= 0.3 is 0 Å². The van der Waals surface area contributed by atoms with E-state index < -0.39 is 0 Å². The van der Waals surface area contributed by atoms with Gasteiger partial charge in [-0.2, -0.15) is 0 Å². The van der Waals surface area contributed by atoms with Gasteiger partial charge in [0, 0.05) is 25.6 Å². The van der Waals surface area contributed by atoms with Crippen LogP contribution in [-0.2, 0) is 9.53 Å². The van der Waals surface area contributed by atoms with E-state index in [-0.39, 0.29) is 24.4 Å². The molecule has 1 amide bonds. The molecule has 2 aromatic carbocycles. The predicted octanol–water partition coefficient (Wildman–Crippen LogP) is 3.16. The smallest absolute Gasteiger partial charge is 0.258 e. The normalized spacial score (nSPS) is 11.6. The van der Waals surface area contributed by atoms with Crippen molar-refractivity contribution in [2.24, 2.45) is 0 Å². The Morgan fingerprint density at radius 1 is 1.04 bits per heavy atom. The Morgan fingerprint density at radius 3 is 2.32 bits per heavy atom. The van der Waals surface area contributed by atoms with E-state index in [1.807, 2.05) is 37.3 Å². The molecule has 0 heterocycles. The molecule has 0 aliphatic rings. The van der Waals surface area contributed by atoms with Crippen LogP contribution in [-0.4, -0.2) is 32.0 Å². The molecule has 1 unspecified atom stereocenters. The first kappa shape index (κ1) is 18.7. The van der Waals surface area contributed by atoms with E-state index in [1.54, 1.807) is 31.4 Å². The van der Waals surface area contributed by atoms with Gasteiger partial charge < -0.3 is 14.8 Å². The number of amides is 1. The molecule has 2 rings (SSSR count). The van der Waals surface area contributed by atoms with Crippen molar-refractivity contribution in [3.63, 3.8) is 0 Å². The first-order chi connectivity index (χ1) is 12.1. The molecule has 0 radical (unpaired) electrons. The molecular weight excluding hydrogens is 318 g/mol. The first-order valence-corrected chi connectivity index (χ1v) is 8.24. The van der Waals surface area contributed by atoms with Crippen LogP contribution in [0.5, 0.6) is 5.75 Å². The zero-order valence-corrected chi connectivity index (χ0v) is 14.5. The van der Waals surface area contributed by atoms with Gasteiger partial charge in [-0.1, -0.05) is 37.3 Å². The lowest BCUT2D eigenvalue weighted by atomic mass is 10.1. The number of hydrogen-bond acceptors (Lipinski definition) is 4. The molecule has 5 heteroatoms. The van der Waals surface area contributed by atoms with Crippen LogP contribution in [0.4, 0.5) is 0 Å². The van der Waals surface area contributed by atoms with E-state index in [1.165, 1.54) is 0 Å². The molecule has 1 N–H and O–H groups in total. The van der Waals surface area contributed by atoms with Crippen LogP contribution in [0.1, 0.15) is 35.4 Å². The molecule has 5 nitrogen and oxygen atoms in total. The van der Waals surface area contributed by atoms with Gasteiger partial charge in [-0.15, -0.1) is 0 Å². The van der Waals surface area contributed by atoms with Gasteiger partial charge in [-0.3, -0.25) is 9.59 Å². The van der Waals surface area contributed by atoms with Crippen LogP contribution in [0.25, 0.3) is 0 Å². The number of nitrogens with one attached hydrogen (secondary N) is 1. The summed E-state index contributed by atoms with van der Waals surface area (Å²) in [6.07, 6.45) is 0.259. The lowest BCUT2D eigenvalue weighted by Crippen LogP contribution is -2.33. The summed E-state index contributed by atoms with van der Waals surface area (Å²) in [5.74, 6) is 0.400. The van der Waals surface area contributed by atoms with Crippen LogP contribution in [0.2, 0.25) is 0 Å². The number of methoxy groups -OCH3 is 1. The fraction of sp³-hybridized carbons (Fsp3) is 0.300. The highest BCUT2D eigenvalue weighted by Gasteiger charge is 2.12. The molecule has 0 aliphatic heterocycles. The largest absolute Gasteiger partial charge is 0.484 e. The molecule has 0 bridgehead atoms. The molecule has 1 atom stereocenters. The topological polar surface area (TPSA) is 64.6 Å². The SMILES string of the molecule is CCC(=O)c1ccc(OCC(=O)NCC(OC)c2ccccc2)cc1. The average Bonchev–Trinajstić information content (AvgIpc) is 2.67. The second kappa shape index (κ2) is 9.59. The van der Waals surface area contributed by atoms with Gasteiger partial charge in [-0.05, 0) is 29.8 Å².